The van der Waals surface area contributed by atoms with Crippen molar-refractivity contribution in [1.29, 1.82) is 0 Å². The molecule has 0 saturated carbocycles. The first-order valence-corrected chi connectivity index (χ1v) is 8.36. The van der Waals surface area contributed by atoms with Gasteiger partial charge in [-0.15, -0.1) is 0 Å². The van der Waals surface area contributed by atoms with Gasteiger partial charge in [-0.3, -0.25) is 0 Å². The van der Waals surface area contributed by atoms with Gasteiger partial charge in [0.25, 0.3) is 0 Å². The fourth-order valence-electron chi connectivity index (χ4n) is 3.27. The number of methoxy groups -OCH3 is 1. The molecule has 1 saturated heterocycles. The van der Waals surface area contributed by atoms with E-state index in [1.54, 1.807) is 19.6 Å². The molecule has 0 bridgehead atoms. The molecule has 4 heterocycles. The highest BCUT2D eigenvalue weighted by Crippen LogP contribution is 2.32. The first-order chi connectivity index (χ1) is 12.3. The van der Waals surface area contributed by atoms with E-state index in [1.165, 1.54) is 6.33 Å². The van der Waals surface area contributed by atoms with Gasteiger partial charge in [-0.25, -0.2) is 19.9 Å². The lowest BCUT2D eigenvalue weighted by Crippen LogP contribution is -2.36. The molecule has 2 aromatic rings. The summed E-state index contributed by atoms with van der Waals surface area (Å²) in [5, 5.41) is 6.62. The summed E-state index contributed by atoms with van der Waals surface area (Å²) < 4.78 is 11.3. The van der Waals surface area contributed by atoms with Crippen molar-refractivity contribution >= 4 is 17.5 Å². The second kappa shape index (κ2) is 7.06. The Bertz CT molecular complexity index is 715. The van der Waals surface area contributed by atoms with E-state index in [-0.39, 0.29) is 12.1 Å². The monoisotopic (exact) mass is 343 g/mol. The molecule has 0 amide bonds. The highest BCUT2D eigenvalue weighted by atomic mass is 16.5. The van der Waals surface area contributed by atoms with Crippen molar-refractivity contribution in [3.63, 3.8) is 0 Å². The van der Waals surface area contributed by atoms with Gasteiger partial charge in [-0.2, -0.15) is 0 Å². The fourth-order valence-corrected chi connectivity index (χ4v) is 3.27. The summed E-state index contributed by atoms with van der Waals surface area (Å²) in [5.41, 5.74) is 0. The summed E-state index contributed by atoms with van der Waals surface area (Å²) in [6.07, 6.45) is 5.96. The third-order valence-corrected chi connectivity index (χ3v) is 4.52. The Hall–Kier alpha value is -2.68. The molecule has 2 atom stereocenters. The number of hydrogen-bond donors (Lipinski definition) is 2. The molecule has 0 unspecified atom stereocenters. The molecule has 2 aliphatic heterocycles. The van der Waals surface area contributed by atoms with Crippen molar-refractivity contribution in [1.82, 2.24) is 19.9 Å². The third-order valence-electron chi connectivity index (χ3n) is 4.52. The highest BCUT2D eigenvalue weighted by molar-refractivity contribution is 5.64. The Morgan fingerprint density at radius 2 is 2.32 bits per heavy atom. The van der Waals surface area contributed by atoms with Crippen LogP contribution < -0.4 is 20.3 Å². The number of anilines is 3. The first-order valence-electron chi connectivity index (χ1n) is 8.36. The van der Waals surface area contributed by atoms with Crippen molar-refractivity contribution in [3.8, 4) is 5.75 Å². The molecule has 0 aliphatic carbocycles. The molecule has 2 aromatic heterocycles. The second-order valence-electron chi connectivity index (χ2n) is 6.02. The second-order valence-corrected chi connectivity index (χ2v) is 6.02. The van der Waals surface area contributed by atoms with E-state index < -0.39 is 0 Å². The average Bonchev–Trinajstić information content (AvgIpc) is 3.10. The van der Waals surface area contributed by atoms with Crippen LogP contribution in [0, 0.1) is 0 Å². The van der Waals surface area contributed by atoms with Crippen LogP contribution in [-0.2, 0) is 4.74 Å². The van der Waals surface area contributed by atoms with Crippen LogP contribution >= 0.6 is 0 Å². The smallest absolute Gasteiger partial charge is 0.204 e. The minimum absolute atomic E-state index is 0.180. The fraction of sp³-hybridized carbons (Fsp3) is 0.500. The van der Waals surface area contributed by atoms with E-state index in [9.17, 15) is 0 Å². The molecule has 1 fully saturated rings. The normalized spacial score (nSPS) is 22.0. The Kier molecular flexibility index (Phi) is 4.47. The average molecular weight is 343 g/mol. The lowest BCUT2D eigenvalue weighted by atomic mass is 10.2. The standard InChI is InChI=1S/C16H21N7O2/c1-24-12-6-11(23(8-12)13-2-3-17-9-20-13)7-19-16-14-15(21-10-22-16)18-4-5-25-14/h2-3,9-12H,4-8H2,1H3,(H2,18,19,21,22)/t11-,12-/m1/s1. The number of fused-ring (bicyclic) bond motifs is 1. The predicted molar refractivity (Wildman–Crippen MR) is 93.1 cm³/mol. The number of nitrogens with one attached hydrogen (secondary N) is 2. The van der Waals surface area contributed by atoms with Gasteiger partial charge in [0.2, 0.25) is 5.75 Å². The zero-order chi connectivity index (χ0) is 17.1. The Morgan fingerprint density at radius 1 is 1.36 bits per heavy atom. The molecule has 132 valence electrons. The molecule has 9 nitrogen and oxygen atoms in total. The van der Waals surface area contributed by atoms with Gasteiger partial charge < -0.3 is 25.0 Å². The quantitative estimate of drug-likeness (QED) is 0.816. The van der Waals surface area contributed by atoms with Gasteiger partial charge in [-0.05, 0) is 12.5 Å². The largest absolute Gasteiger partial charge is 0.485 e. The molecule has 2 aliphatic rings. The maximum absolute atomic E-state index is 5.71. The van der Waals surface area contributed by atoms with Crippen molar-refractivity contribution < 1.29 is 9.47 Å². The highest BCUT2D eigenvalue weighted by Gasteiger charge is 2.33. The van der Waals surface area contributed by atoms with E-state index in [0.717, 1.165) is 31.1 Å². The number of nitrogens with zero attached hydrogens (tertiary/aromatic N) is 5. The van der Waals surface area contributed by atoms with Crippen molar-refractivity contribution in [2.45, 2.75) is 18.6 Å². The number of aromatic nitrogens is 4. The van der Waals surface area contributed by atoms with Crippen LogP contribution in [0.25, 0.3) is 0 Å². The third kappa shape index (κ3) is 3.27. The topological polar surface area (TPSA) is 97.3 Å². The van der Waals surface area contributed by atoms with Crippen LogP contribution in [0.5, 0.6) is 5.75 Å². The van der Waals surface area contributed by atoms with Gasteiger partial charge >= 0.3 is 0 Å². The van der Waals surface area contributed by atoms with Crippen LogP contribution in [-0.4, -0.2) is 65.4 Å². The molecule has 0 aromatic carbocycles. The zero-order valence-electron chi connectivity index (χ0n) is 14.1. The Balaban J connectivity index is 1.49. The van der Waals surface area contributed by atoms with Crippen molar-refractivity contribution in [2.24, 2.45) is 0 Å². The molecular formula is C16H21N7O2. The Labute approximate surface area is 145 Å². The van der Waals surface area contributed by atoms with Gasteiger partial charge in [0, 0.05) is 26.4 Å². The van der Waals surface area contributed by atoms with Gasteiger partial charge in [-0.1, -0.05) is 0 Å². The SMILES string of the molecule is CO[C@@H]1C[C@H](CNc2ncnc3c2OCCN3)N(c2ccncn2)C1. The number of hydrogen-bond acceptors (Lipinski definition) is 9. The van der Waals surface area contributed by atoms with Crippen molar-refractivity contribution in [3.05, 3.63) is 24.9 Å². The van der Waals surface area contributed by atoms with E-state index in [0.29, 0.717) is 24.7 Å². The van der Waals surface area contributed by atoms with E-state index in [4.69, 9.17) is 9.47 Å². The molecule has 2 N–H and O–H groups in total. The van der Waals surface area contributed by atoms with Crippen LogP contribution in [0.15, 0.2) is 24.9 Å². The molecule has 9 heteroatoms. The minimum atomic E-state index is 0.180. The molecule has 25 heavy (non-hydrogen) atoms. The molecule has 0 spiro atoms. The van der Waals surface area contributed by atoms with Crippen LogP contribution in [0.2, 0.25) is 0 Å². The molecular weight excluding hydrogens is 322 g/mol. The van der Waals surface area contributed by atoms with Gasteiger partial charge in [0.05, 0.1) is 18.7 Å². The van der Waals surface area contributed by atoms with Gasteiger partial charge in [0.1, 0.15) is 25.1 Å². The molecule has 0 radical (unpaired) electrons. The zero-order valence-corrected chi connectivity index (χ0v) is 14.1. The van der Waals surface area contributed by atoms with E-state index in [2.05, 4.69) is 35.5 Å². The summed E-state index contributed by atoms with van der Waals surface area (Å²) in [4.78, 5) is 19.2. The predicted octanol–water partition coefficient (Wildman–Crippen LogP) is 0.777. The summed E-state index contributed by atoms with van der Waals surface area (Å²) in [7, 11) is 1.75. The summed E-state index contributed by atoms with van der Waals surface area (Å²) >= 11 is 0. The lowest BCUT2D eigenvalue weighted by Gasteiger charge is -2.26. The summed E-state index contributed by atoms with van der Waals surface area (Å²) in [6, 6.07) is 2.16. The molecule has 4 rings (SSSR count). The van der Waals surface area contributed by atoms with Crippen LogP contribution in [0.1, 0.15) is 6.42 Å². The summed E-state index contributed by atoms with van der Waals surface area (Å²) in [6.45, 7) is 2.87. The van der Waals surface area contributed by atoms with Crippen LogP contribution in [0.3, 0.4) is 0 Å². The van der Waals surface area contributed by atoms with Crippen LogP contribution in [0.4, 0.5) is 17.5 Å². The Morgan fingerprint density at radius 3 is 3.16 bits per heavy atom. The van der Waals surface area contributed by atoms with Gasteiger partial charge in [0.15, 0.2) is 11.6 Å². The number of rotatable bonds is 5. The maximum atomic E-state index is 5.71. The van der Waals surface area contributed by atoms with E-state index >= 15 is 0 Å². The minimum Gasteiger partial charge on any atom is -0.485 e. The summed E-state index contributed by atoms with van der Waals surface area (Å²) in [5.74, 6) is 3.03. The number of ether oxygens (including phenoxy) is 2. The maximum Gasteiger partial charge on any atom is 0.204 e. The first kappa shape index (κ1) is 15.8. The lowest BCUT2D eigenvalue weighted by molar-refractivity contribution is 0.118. The van der Waals surface area contributed by atoms with E-state index in [1.807, 2.05) is 6.07 Å². The van der Waals surface area contributed by atoms with Crippen molar-refractivity contribution in [2.75, 3.05) is 48.9 Å².